The highest BCUT2D eigenvalue weighted by molar-refractivity contribution is 5.26. The highest BCUT2D eigenvalue weighted by atomic mass is 19.4. The monoisotopic (exact) mass is 284 g/mol. The van der Waals surface area contributed by atoms with Crippen LogP contribution in [0.1, 0.15) is 30.0 Å². The molecule has 0 saturated heterocycles. The van der Waals surface area contributed by atoms with Gasteiger partial charge in [-0.1, -0.05) is 12.1 Å². The van der Waals surface area contributed by atoms with Gasteiger partial charge in [-0.15, -0.1) is 0 Å². The zero-order chi connectivity index (χ0) is 14.8. The molecule has 1 atom stereocenters. The molecule has 0 spiro atoms. The molecule has 1 unspecified atom stereocenters. The minimum Gasteiger partial charge on any atom is -0.388 e. The number of nitrogens with zero attached hydrogens (tertiary/aromatic N) is 2. The minimum absolute atomic E-state index is 0.270. The van der Waals surface area contributed by atoms with Crippen molar-refractivity contribution >= 4 is 0 Å². The largest absolute Gasteiger partial charge is 0.416 e. The van der Waals surface area contributed by atoms with Crippen LogP contribution in [-0.4, -0.2) is 14.7 Å². The van der Waals surface area contributed by atoms with E-state index in [1.54, 1.807) is 12.4 Å². The number of hydrogen-bond donors (Lipinski definition) is 1. The molecule has 1 aromatic carbocycles. The van der Waals surface area contributed by atoms with Gasteiger partial charge in [-0.3, -0.25) is 0 Å². The number of halogens is 3. The molecule has 0 saturated carbocycles. The quantitative estimate of drug-likeness (QED) is 0.936. The van der Waals surface area contributed by atoms with Crippen LogP contribution in [0.3, 0.4) is 0 Å². The summed E-state index contributed by atoms with van der Waals surface area (Å²) in [6.45, 7) is 2.69. The second kappa shape index (κ2) is 5.66. The van der Waals surface area contributed by atoms with Gasteiger partial charge < -0.3 is 9.67 Å². The fraction of sp³-hybridized carbons (Fsp3) is 0.357. The van der Waals surface area contributed by atoms with E-state index in [-0.39, 0.29) is 6.42 Å². The molecule has 0 amide bonds. The third-order valence-corrected chi connectivity index (χ3v) is 3.14. The molecule has 6 heteroatoms. The molecule has 0 bridgehead atoms. The second-order valence-electron chi connectivity index (χ2n) is 4.47. The van der Waals surface area contributed by atoms with E-state index in [2.05, 4.69) is 4.98 Å². The Balaban J connectivity index is 2.12. The van der Waals surface area contributed by atoms with Crippen molar-refractivity contribution in [3.05, 3.63) is 53.6 Å². The van der Waals surface area contributed by atoms with Gasteiger partial charge in [-0.2, -0.15) is 13.2 Å². The molecular weight excluding hydrogens is 269 g/mol. The molecule has 0 fully saturated rings. The lowest BCUT2D eigenvalue weighted by atomic mass is 10.0. The zero-order valence-electron chi connectivity index (χ0n) is 10.9. The van der Waals surface area contributed by atoms with Crippen molar-refractivity contribution in [1.82, 2.24) is 9.55 Å². The Kier molecular flexibility index (Phi) is 4.13. The van der Waals surface area contributed by atoms with Crippen molar-refractivity contribution in [2.45, 2.75) is 32.2 Å². The fourth-order valence-corrected chi connectivity index (χ4v) is 2.00. The number of hydrogen-bond acceptors (Lipinski definition) is 2. The lowest BCUT2D eigenvalue weighted by Crippen LogP contribution is -2.09. The number of aryl methyl sites for hydroxylation is 1. The summed E-state index contributed by atoms with van der Waals surface area (Å²) in [5.41, 5.74) is -0.271. The molecule has 2 rings (SSSR count). The maximum Gasteiger partial charge on any atom is 0.416 e. The van der Waals surface area contributed by atoms with Crippen LogP contribution in [0.15, 0.2) is 36.7 Å². The highest BCUT2D eigenvalue weighted by Crippen LogP contribution is 2.30. The van der Waals surface area contributed by atoms with Gasteiger partial charge in [0.1, 0.15) is 5.82 Å². The van der Waals surface area contributed by atoms with Gasteiger partial charge in [0, 0.05) is 25.4 Å². The van der Waals surface area contributed by atoms with Gasteiger partial charge in [-0.05, 0) is 24.6 Å². The molecule has 3 nitrogen and oxygen atoms in total. The van der Waals surface area contributed by atoms with Gasteiger partial charge in [0.25, 0.3) is 0 Å². The van der Waals surface area contributed by atoms with Gasteiger partial charge in [0.2, 0.25) is 0 Å². The van der Waals surface area contributed by atoms with Crippen molar-refractivity contribution in [2.24, 2.45) is 0 Å². The van der Waals surface area contributed by atoms with Crippen LogP contribution in [0.4, 0.5) is 13.2 Å². The van der Waals surface area contributed by atoms with Gasteiger partial charge >= 0.3 is 6.18 Å². The lowest BCUT2D eigenvalue weighted by Gasteiger charge is -2.13. The average Bonchev–Trinajstić information content (AvgIpc) is 2.85. The number of aliphatic hydroxyl groups is 1. The van der Waals surface area contributed by atoms with Crippen LogP contribution in [-0.2, 0) is 19.1 Å². The van der Waals surface area contributed by atoms with Crippen molar-refractivity contribution in [3.63, 3.8) is 0 Å². The van der Waals surface area contributed by atoms with Crippen molar-refractivity contribution in [1.29, 1.82) is 0 Å². The first-order valence-corrected chi connectivity index (χ1v) is 6.27. The number of alkyl halides is 3. The van der Waals surface area contributed by atoms with E-state index >= 15 is 0 Å². The second-order valence-corrected chi connectivity index (χ2v) is 4.47. The Bertz CT molecular complexity index is 561. The van der Waals surface area contributed by atoms with Gasteiger partial charge in [0.15, 0.2) is 0 Å². The summed E-state index contributed by atoms with van der Waals surface area (Å²) in [6, 6.07) is 4.55. The molecule has 2 aromatic rings. The maximum absolute atomic E-state index is 12.4. The summed E-state index contributed by atoms with van der Waals surface area (Å²) in [5, 5.41) is 10.1. The molecule has 0 aliphatic heterocycles. The van der Waals surface area contributed by atoms with Crippen LogP contribution >= 0.6 is 0 Å². The van der Waals surface area contributed by atoms with E-state index in [0.29, 0.717) is 11.4 Å². The Morgan fingerprint density at radius 1 is 1.25 bits per heavy atom. The SMILES string of the molecule is CCn1ccnc1CC(O)c1ccc(C(F)(F)F)cc1. The Hall–Kier alpha value is -1.82. The van der Waals surface area contributed by atoms with E-state index in [1.165, 1.54) is 12.1 Å². The number of aromatic nitrogens is 2. The molecule has 1 heterocycles. The summed E-state index contributed by atoms with van der Waals surface area (Å²) < 4.78 is 39.2. The van der Waals surface area contributed by atoms with Crippen LogP contribution < -0.4 is 0 Å². The van der Waals surface area contributed by atoms with Crippen molar-refractivity contribution < 1.29 is 18.3 Å². The Morgan fingerprint density at radius 3 is 2.45 bits per heavy atom. The van der Waals surface area contributed by atoms with Crippen LogP contribution in [0.25, 0.3) is 0 Å². The molecule has 1 aromatic heterocycles. The van der Waals surface area contributed by atoms with E-state index in [9.17, 15) is 18.3 Å². The standard InChI is InChI=1S/C14H15F3N2O/c1-2-19-8-7-18-13(19)9-12(20)10-3-5-11(6-4-10)14(15,16)17/h3-8,12,20H,2,9H2,1H3. The summed E-state index contributed by atoms with van der Waals surface area (Å²) in [5.74, 6) is 0.708. The van der Waals surface area contributed by atoms with Crippen LogP contribution in [0.2, 0.25) is 0 Å². The summed E-state index contributed by atoms with van der Waals surface area (Å²) >= 11 is 0. The predicted molar refractivity (Wildman–Crippen MR) is 68.0 cm³/mol. The van der Waals surface area contributed by atoms with Crippen LogP contribution in [0.5, 0.6) is 0 Å². The number of imidazole rings is 1. The topological polar surface area (TPSA) is 38.0 Å². The molecule has 0 aliphatic rings. The molecular formula is C14H15F3N2O. The normalized spacial score (nSPS) is 13.4. The Morgan fingerprint density at radius 2 is 1.90 bits per heavy atom. The predicted octanol–water partition coefficient (Wildman–Crippen LogP) is 3.20. The summed E-state index contributed by atoms with van der Waals surface area (Å²) in [4.78, 5) is 4.13. The first-order chi connectivity index (χ1) is 9.41. The molecule has 1 N–H and O–H groups in total. The van der Waals surface area contributed by atoms with Crippen molar-refractivity contribution in [2.75, 3.05) is 0 Å². The molecule has 0 radical (unpaired) electrons. The fourth-order valence-electron chi connectivity index (χ4n) is 2.00. The number of rotatable bonds is 4. The first-order valence-electron chi connectivity index (χ1n) is 6.27. The molecule has 20 heavy (non-hydrogen) atoms. The number of benzene rings is 1. The summed E-state index contributed by atoms with van der Waals surface area (Å²) in [6.07, 6.45) is -1.52. The van der Waals surface area contributed by atoms with E-state index in [0.717, 1.165) is 18.7 Å². The summed E-state index contributed by atoms with van der Waals surface area (Å²) in [7, 11) is 0. The smallest absolute Gasteiger partial charge is 0.388 e. The van der Waals surface area contributed by atoms with Gasteiger partial charge in [0.05, 0.1) is 11.7 Å². The third kappa shape index (κ3) is 3.19. The van der Waals surface area contributed by atoms with Crippen molar-refractivity contribution in [3.8, 4) is 0 Å². The third-order valence-electron chi connectivity index (χ3n) is 3.14. The zero-order valence-corrected chi connectivity index (χ0v) is 10.9. The molecule has 0 aliphatic carbocycles. The minimum atomic E-state index is -4.36. The number of aliphatic hydroxyl groups excluding tert-OH is 1. The molecule has 108 valence electrons. The maximum atomic E-state index is 12.4. The lowest BCUT2D eigenvalue weighted by molar-refractivity contribution is -0.137. The Labute approximate surface area is 114 Å². The van der Waals surface area contributed by atoms with E-state index < -0.39 is 17.8 Å². The first kappa shape index (κ1) is 14.6. The van der Waals surface area contributed by atoms with E-state index in [1.807, 2.05) is 11.5 Å². The average molecular weight is 284 g/mol. The highest BCUT2D eigenvalue weighted by Gasteiger charge is 2.30. The van der Waals surface area contributed by atoms with E-state index in [4.69, 9.17) is 0 Å². The van der Waals surface area contributed by atoms with Gasteiger partial charge in [-0.25, -0.2) is 4.98 Å². The van der Waals surface area contributed by atoms with Crippen LogP contribution in [0, 0.1) is 0 Å².